The molecule has 3 aromatic heterocycles. The van der Waals surface area contributed by atoms with Crippen LogP contribution in [0.25, 0.3) is 16.3 Å². The monoisotopic (exact) mass is 377 g/mol. The van der Waals surface area contributed by atoms with Gasteiger partial charge in [-0.3, -0.25) is 4.52 Å². The molecule has 1 aromatic carbocycles. The molecule has 1 aliphatic carbocycles. The number of nitrogen functional groups attached to an aromatic ring is 1. The predicted molar refractivity (Wildman–Crippen MR) is 102 cm³/mol. The second-order valence-electron chi connectivity index (χ2n) is 6.64. The number of hydrogen-bond donors (Lipinski definition) is 1. The molecular weight excluding hydrogens is 360 g/mol. The molecule has 7 nitrogen and oxygen atoms in total. The molecule has 1 fully saturated rings. The van der Waals surface area contributed by atoms with Gasteiger partial charge < -0.3 is 5.73 Å². The number of hydrogen-bond acceptors (Lipinski definition) is 7. The molecular formula is C19H17N6OS+. The lowest BCUT2D eigenvalue weighted by atomic mass is 9.64. The minimum atomic E-state index is -0.306. The van der Waals surface area contributed by atoms with Crippen molar-refractivity contribution in [2.75, 3.05) is 5.73 Å². The van der Waals surface area contributed by atoms with Gasteiger partial charge in [0.25, 0.3) is 0 Å². The van der Waals surface area contributed by atoms with Crippen LogP contribution in [0.3, 0.4) is 0 Å². The van der Waals surface area contributed by atoms with Gasteiger partial charge in [0.2, 0.25) is 11.5 Å². The van der Waals surface area contributed by atoms with E-state index in [0.717, 1.165) is 36.2 Å². The van der Waals surface area contributed by atoms with Crippen LogP contribution in [0, 0.1) is 0 Å². The summed E-state index contributed by atoms with van der Waals surface area (Å²) in [5.74, 6) is 1.05. The SMILES string of the molecule is Nc1ncc(-c2ccc(C3(c4noc(-[s+]5ccnc5)n4)CCC3)cc2)cn1. The molecule has 134 valence electrons. The van der Waals surface area contributed by atoms with Gasteiger partial charge in [-0.15, -0.1) is 4.98 Å². The third-order valence-electron chi connectivity index (χ3n) is 5.15. The van der Waals surface area contributed by atoms with E-state index in [-0.39, 0.29) is 21.8 Å². The molecule has 1 atom stereocenters. The summed E-state index contributed by atoms with van der Waals surface area (Å²) >= 11 is 0. The molecule has 0 bridgehead atoms. The quantitative estimate of drug-likeness (QED) is 0.541. The highest BCUT2D eigenvalue weighted by Gasteiger charge is 2.45. The zero-order valence-corrected chi connectivity index (χ0v) is 15.3. The van der Waals surface area contributed by atoms with Crippen LogP contribution in [0.1, 0.15) is 30.7 Å². The van der Waals surface area contributed by atoms with Crippen LogP contribution in [-0.2, 0) is 5.41 Å². The van der Waals surface area contributed by atoms with Crippen LogP contribution in [0.15, 0.2) is 58.3 Å². The van der Waals surface area contributed by atoms with Crippen molar-refractivity contribution >= 4 is 16.4 Å². The van der Waals surface area contributed by atoms with Crippen molar-refractivity contribution in [3.63, 3.8) is 0 Å². The fraction of sp³-hybridized carbons (Fsp3) is 0.211. The summed E-state index contributed by atoms with van der Waals surface area (Å²) < 4.78 is 5.54. The van der Waals surface area contributed by atoms with Gasteiger partial charge in [0.15, 0.2) is 11.2 Å². The lowest BCUT2D eigenvalue weighted by Gasteiger charge is -2.39. The van der Waals surface area contributed by atoms with E-state index in [9.17, 15) is 0 Å². The maximum atomic E-state index is 5.57. The van der Waals surface area contributed by atoms with Crippen LogP contribution in [0.2, 0.25) is 0 Å². The van der Waals surface area contributed by atoms with Gasteiger partial charge in [-0.05, 0) is 24.0 Å². The Morgan fingerprint density at radius 1 is 1.04 bits per heavy atom. The van der Waals surface area contributed by atoms with Gasteiger partial charge in [-0.25, -0.2) is 15.0 Å². The summed E-state index contributed by atoms with van der Waals surface area (Å²) in [6.07, 6.45) is 8.44. The third-order valence-corrected chi connectivity index (χ3v) is 6.49. The maximum Gasteiger partial charge on any atom is 0.469 e. The standard InChI is InChI=1S/C19H17N6OS/c20-17-22-10-14(11-23-17)13-2-4-15(5-3-13)19(6-1-7-19)16-24-18(26-25-16)27-9-8-21-12-27/h2-5,8-12H,1,6-7H2,(H2,20,22,23)/q+1. The average molecular weight is 377 g/mol. The van der Waals surface area contributed by atoms with E-state index in [1.807, 2.05) is 10.9 Å². The van der Waals surface area contributed by atoms with Crippen molar-refractivity contribution in [2.45, 2.75) is 24.7 Å². The van der Waals surface area contributed by atoms with Crippen LogP contribution in [-0.4, -0.2) is 25.1 Å². The van der Waals surface area contributed by atoms with E-state index in [2.05, 4.69) is 44.4 Å². The summed E-state index contributed by atoms with van der Waals surface area (Å²) in [5, 5.41) is 6.92. The zero-order chi connectivity index (χ0) is 18.3. The minimum absolute atomic E-state index is 0.165. The molecule has 4 aromatic rings. The van der Waals surface area contributed by atoms with Gasteiger partial charge in [0.05, 0.1) is 22.1 Å². The lowest BCUT2D eigenvalue weighted by molar-refractivity contribution is 0.273. The first-order valence-electron chi connectivity index (χ1n) is 8.69. The zero-order valence-electron chi connectivity index (χ0n) is 14.4. The molecule has 3 heterocycles. The first kappa shape index (κ1) is 16.1. The normalized spacial score (nSPS) is 16.1. The van der Waals surface area contributed by atoms with Gasteiger partial charge in [-0.2, -0.15) is 0 Å². The molecule has 1 unspecified atom stereocenters. The number of aromatic nitrogens is 5. The number of rotatable bonds is 4. The predicted octanol–water partition coefficient (Wildman–Crippen LogP) is 3.71. The van der Waals surface area contributed by atoms with Crippen LogP contribution in [0.5, 0.6) is 0 Å². The third kappa shape index (κ3) is 2.69. The molecule has 1 saturated carbocycles. The van der Waals surface area contributed by atoms with E-state index in [4.69, 9.17) is 15.2 Å². The summed E-state index contributed by atoms with van der Waals surface area (Å²) in [6.45, 7) is 0. The molecule has 1 aliphatic rings. The van der Waals surface area contributed by atoms with Gasteiger partial charge in [0, 0.05) is 18.0 Å². The van der Waals surface area contributed by atoms with Crippen LogP contribution in [0.4, 0.5) is 5.95 Å². The number of benzene rings is 1. The molecule has 0 amide bonds. The number of nitrogens with two attached hydrogens (primary N) is 1. The van der Waals surface area contributed by atoms with Gasteiger partial charge in [-0.1, -0.05) is 35.8 Å². The average Bonchev–Trinajstić information content (AvgIpc) is 3.34. The number of nitrogens with zero attached hydrogens (tertiary/aromatic N) is 5. The van der Waals surface area contributed by atoms with Crippen molar-refractivity contribution in [3.8, 4) is 16.3 Å². The fourth-order valence-electron chi connectivity index (χ4n) is 3.48. The molecule has 0 saturated heterocycles. The highest BCUT2D eigenvalue weighted by atomic mass is 32.2. The highest BCUT2D eigenvalue weighted by molar-refractivity contribution is 7.35. The summed E-state index contributed by atoms with van der Waals surface area (Å²) in [5.41, 5.74) is 10.4. The Labute approximate surface area is 158 Å². The van der Waals surface area contributed by atoms with Crippen molar-refractivity contribution in [3.05, 3.63) is 65.1 Å². The Kier molecular flexibility index (Phi) is 3.71. The topological polar surface area (TPSA) is 104 Å². The minimum Gasteiger partial charge on any atom is -0.368 e. The van der Waals surface area contributed by atoms with Crippen LogP contribution < -0.4 is 5.73 Å². The largest absolute Gasteiger partial charge is 0.469 e. The van der Waals surface area contributed by atoms with Crippen molar-refractivity contribution in [1.29, 1.82) is 0 Å². The highest BCUT2D eigenvalue weighted by Crippen LogP contribution is 2.48. The number of thiazole rings is 1. The Morgan fingerprint density at radius 3 is 2.44 bits per heavy atom. The molecule has 0 spiro atoms. The van der Waals surface area contributed by atoms with E-state index >= 15 is 0 Å². The smallest absolute Gasteiger partial charge is 0.368 e. The summed E-state index contributed by atoms with van der Waals surface area (Å²) in [4.78, 5) is 16.9. The van der Waals surface area contributed by atoms with E-state index in [0.29, 0.717) is 5.22 Å². The Balaban J connectivity index is 1.47. The summed E-state index contributed by atoms with van der Waals surface area (Å²) in [6, 6.07) is 8.44. The second-order valence-corrected chi connectivity index (χ2v) is 8.21. The van der Waals surface area contributed by atoms with E-state index in [1.165, 1.54) is 5.56 Å². The molecule has 0 radical (unpaired) electrons. The second kappa shape index (κ2) is 6.24. The Hall–Kier alpha value is -3.13. The maximum absolute atomic E-state index is 5.57. The molecule has 2 N–H and O–H groups in total. The molecule has 8 heteroatoms. The summed E-state index contributed by atoms with van der Waals surface area (Å²) in [7, 11) is -0.306. The lowest BCUT2D eigenvalue weighted by Crippen LogP contribution is -2.36. The Morgan fingerprint density at radius 2 is 1.81 bits per heavy atom. The van der Waals surface area contributed by atoms with E-state index in [1.54, 1.807) is 18.6 Å². The van der Waals surface area contributed by atoms with Crippen molar-refractivity contribution in [2.24, 2.45) is 0 Å². The Bertz CT molecular complexity index is 1050. The first-order valence-corrected chi connectivity index (χ1v) is 10.0. The van der Waals surface area contributed by atoms with Crippen molar-refractivity contribution < 1.29 is 4.52 Å². The molecule has 0 aliphatic heterocycles. The molecule has 5 rings (SSSR count). The molecule has 27 heavy (non-hydrogen) atoms. The van der Waals surface area contributed by atoms with E-state index < -0.39 is 0 Å². The van der Waals surface area contributed by atoms with Gasteiger partial charge >= 0.3 is 5.22 Å². The van der Waals surface area contributed by atoms with Crippen LogP contribution >= 0.6 is 10.5 Å². The van der Waals surface area contributed by atoms with Gasteiger partial charge in [0.1, 0.15) is 0 Å². The first-order chi connectivity index (χ1) is 13.2. The van der Waals surface area contributed by atoms with Crippen molar-refractivity contribution in [1.82, 2.24) is 25.1 Å². The fourth-order valence-corrected chi connectivity index (χ4v) is 4.47. The number of anilines is 1.